The van der Waals surface area contributed by atoms with Crippen LogP contribution in [0.25, 0.3) is 0 Å². The number of carbonyl (C=O) groups is 1. The average Bonchev–Trinajstić information content (AvgIpc) is 2.95. The molecule has 1 aromatic rings. The van der Waals surface area contributed by atoms with Crippen LogP contribution >= 0.6 is 11.6 Å². The van der Waals surface area contributed by atoms with Crippen LogP contribution in [-0.4, -0.2) is 50.1 Å². The van der Waals surface area contributed by atoms with Gasteiger partial charge in [-0.2, -0.15) is 0 Å². The SMILES string of the molecule is CNCCC1CCN(C2CCN(c3ccccc3Cl)C2=O)CC1. The highest BCUT2D eigenvalue weighted by Crippen LogP contribution is 2.32. The minimum atomic E-state index is 0.0384. The average molecular weight is 336 g/mol. The first-order valence-electron chi connectivity index (χ1n) is 8.65. The Labute approximate surface area is 143 Å². The maximum atomic E-state index is 12.8. The molecule has 4 nitrogen and oxygen atoms in total. The molecule has 1 unspecified atom stereocenters. The predicted octanol–water partition coefficient (Wildman–Crippen LogP) is 2.77. The molecule has 2 heterocycles. The number of piperidine rings is 1. The second-order valence-corrected chi connectivity index (χ2v) is 7.02. The van der Waals surface area contributed by atoms with Crippen LogP contribution in [0.4, 0.5) is 5.69 Å². The largest absolute Gasteiger partial charge is 0.320 e. The van der Waals surface area contributed by atoms with E-state index in [1.807, 2.05) is 36.2 Å². The van der Waals surface area contributed by atoms with Gasteiger partial charge >= 0.3 is 0 Å². The zero-order valence-electron chi connectivity index (χ0n) is 13.8. The third kappa shape index (κ3) is 3.70. The lowest BCUT2D eigenvalue weighted by atomic mass is 9.92. The van der Waals surface area contributed by atoms with Crippen LogP contribution in [0.1, 0.15) is 25.7 Å². The third-order valence-electron chi connectivity index (χ3n) is 5.21. The smallest absolute Gasteiger partial charge is 0.244 e. The van der Waals surface area contributed by atoms with E-state index < -0.39 is 0 Å². The summed E-state index contributed by atoms with van der Waals surface area (Å²) < 4.78 is 0. The lowest BCUT2D eigenvalue weighted by Crippen LogP contribution is -2.46. The van der Waals surface area contributed by atoms with E-state index in [0.29, 0.717) is 5.02 Å². The van der Waals surface area contributed by atoms with Gasteiger partial charge in [0.05, 0.1) is 16.8 Å². The van der Waals surface area contributed by atoms with E-state index >= 15 is 0 Å². The summed E-state index contributed by atoms with van der Waals surface area (Å²) in [5.74, 6) is 1.02. The van der Waals surface area contributed by atoms with Crippen molar-refractivity contribution in [2.45, 2.75) is 31.7 Å². The molecule has 1 N–H and O–H groups in total. The number of anilines is 1. The van der Waals surface area contributed by atoms with Gasteiger partial charge in [0.1, 0.15) is 0 Å². The van der Waals surface area contributed by atoms with Crippen LogP contribution in [0.5, 0.6) is 0 Å². The molecule has 1 aromatic carbocycles. The number of para-hydroxylation sites is 1. The van der Waals surface area contributed by atoms with Crippen LogP contribution in [0, 0.1) is 5.92 Å². The number of hydrogen-bond acceptors (Lipinski definition) is 3. The number of halogens is 1. The van der Waals surface area contributed by atoms with E-state index in [2.05, 4.69) is 10.2 Å². The zero-order chi connectivity index (χ0) is 16.2. The van der Waals surface area contributed by atoms with Crippen LogP contribution < -0.4 is 10.2 Å². The molecule has 0 aliphatic carbocycles. The lowest BCUT2D eigenvalue weighted by molar-refractivity contribution is -0.122. The molecule has 0 aromatic heterocycles. The number of nitrogens with one attached hydrogen (secondary N) is 1. The maximum absolute atomic E-state index is 12.8. The summed E-state index contributed by atoms with van der Waals surface area (Å²) in [5, 5.41) is 3.89. The Morgan fingerprint density at radius 2 is 1.91 bits per heavy atom. The number of nitrogens with zero attached hydrogens (tertiary/aromatic N) is 2. The summed E-state index contributed by atoms with van der Waals surface area (Å²) in [4.78, 5) is 17.1. The fraction of sp³-hybridized carbons (Fsp3) is 0.611. The van der Waals surface area contributed by atoms with E-state index in [0.717, 1.165) is 44.2 Å². The number of hydrogen-bond donors (Lipinski definition) is 1. The Morgan fingerprint density at radius 3 is 2.61 bits per heavy atom. The highest BCUT2D eigenvalue weighted by Gasteiger charge is 2.38. The van der Waals surface area contributed by atoms with E-state index in [9.17, 15) is 4.79 Å². The highest BCUT2D eigenvalue weighted by molar-refractivity contribution is 6.33. The second-order valence-electron chi connectivity index (χ2n) is 6.62. The summed E-state index contributed by atoms with van der Waals surface area (Å²) in [6.45, 7) is 3.95. The van der Waals surface area contributed by atoms with E-state index in [1.54, 1.807) is 0 Å². The standard InChI is InChI=1S/C18H26ClN3O/c1-20-10-6-14-7-11-21(12-8-14)17-9-13-22(18(17)23)16-5-3-2-4-15(16)19/h2-5,14,17,20H,6-13H2,1H3. The molecule has 0 bridgehead atoms. The van der Waals surface area contributed by atoms with E-state index in [4.69, 9.17) is 11.6 Å². The number of likely N-dealkylation sites (tertiary alicyclic amines) is 1. The van der Waals surface area contributed by atoms with Gasteiger partial charge in [-0.3, -0.25) is 9.69 Å². The summed E-state index contributed by atoms with van der Waals surface area (Å²) in [5.41, 5.74) is 0.852. The van der Waals surface area contributed by atoms with Crippen molar-refractivity contribution in [2.75, 3.05) is 38.1 Å². The minimum absolute atomic E-state index is 0.0384. The molecule has 2 saturated heterocycles. The van der Waals surface area contributed by atoms with Gasteiger partial charge in [0.15, 0.2) is 0 Å². The summed E-state index contributed by atoms with van der Waals surface area (Å²) in [6.07, 6.45) is 4.56. The van der Waals surface area contributed by atoms with Crippen LogP contribution in [0.2, 0.25) is 5.02 Å². The molecule has 5 heteroatoms. The molecule has 126 valence electrons. The fourth-order valence-electron chi connectivity index (χ4n) is 3.82. The van der Waals surface area contributed by atoms with Crippen LogP contribution in [-0.2, 0) is 4.79 Å². The van der Waals surface area contributed by atoms with Gasteiger partial charge in [-0.05, 0) is 70.4 Å². The quantitative estimate of drug-likeness (QED) is 0.898. The Kier molecular flexibility index (Phi) is 5.57. The molecular weight excluding hydrogens is 310 g/mol. The Hall–Kier alpha value is -1.10. The Balaban J connectivity index is 1.59. The number of rotatable bonds is 5. The molecule has 2 aliphatic heterocycles. The second kappa shape index (κ2) is 7.65. The van der Waals surface area contributed by atoms with Crippen molar-refractivity contribution < 1.29 is 4.79 Å². The molecule has 0 radical (unpaired) electrons. The van der Waals surface area contributed by atoms with Crippen molar-refractivity contribution in [2.24, 2.45) is 5.92 Å². The van der Waals surface area contributed by atoms with Gasteiger partial charge in [0, 0.05) is 6.54 Å². The van der Waals surface area contributed by atoms with Crippen molar-refractivity contribution in [3.63, 3.8) is 0 Å². The van der Waals surface area contributed by atoms with Gasteiger partial charge in [0.25, 0.3) is 0 Å². The molecule has 0 saturated carbocycles. The normalized spacial score (nSPS) is 23.7. The molecule has 0 spiro atoms. The molecular formula is C18H26ClN3O. The summed E-state index contributed by atoms with van der Waals surface area (Å²) >= 11 is 6.26. The van der Waals surface area contributed by atoms with Crippen molar-refractivity contribution in [1.29, 1.82) is 0 Å². The Morgan fingerprint density at radius 1 is 1.17 bits per heavy atom. The van der Waals surface area contributed by atoms with Gasteiger partial charge < -0.3 is 10.2 Å². The van der Waals surface area contributed by atoms with Crippen molar-refractivity contribution >= 4 is 23.2 Å². The molecule has 1 atom stereocenters. The van der Waals surface area contributed by atoms with Crippen LogP contribution in [0.3, 0.4) is 0 Å². The van der Waals surface area contributed by atoms with Crippen molar-refractivity contribution in [1.82, 2.24) is 10.2 Å². The summed E-state index contributed by atoms with van der Waals surface area (Å²) in [6, 6.07) is 7.67. The lowest BCUT2D eigenvalue weighted by Gasteiger charge is -2.35. The molecule has 2 aliphatic rings. The molecule has 3 rings (SSSR count). The van der Waals surface area contributed by atoms with Gasteiger partial charge in [-0.25, -0.2) is 0 Å². The topological polar surface area (TPSA) is 35.6 Å². The minimum Gasteiger partial charge on any atom is -0.320 e. The van der Waals surface area contributed by atoms with Crippen LogP contribution in [0.15, 0.2) is 24.3 Å². The first-order chi connectivity index (χ1) is 11.2. The number of amides is 1. The first-order valence-corrected chi connectivity index (χ1v) is 9.03. The maximum Gasteiger partial charge on any atom is 0.244 e. The van der Waals surface area contributed by atoms with Gasteiger partial charge in [-0.15, -0.1) is 0 Å². The monoisotopic (exact) mass is 335 g/mol. The van der Waals surface area contributed by atoms with Gasteiger partial charge in [-0.1, -0.05) is 23.7 Å². The third-order valence-corrected chi connectivity index (χ3v) is 5.53. The first kappa shape index (κ1) is 16.7. The molecule has 2 fully saturated rings. The highest BCUT2D eigenvalue weighted by atomic mass is 35.5. The predicted molar refractivity (Wildman–Crippen MR) is 95.1 cm³/mol. The zero-order valence-corrected chi connectivity index (χ0v) is 14.6. The van der Waals surface area contributed by atoms with Crippen molar-refractivity contribution in [3.8, 4) is 0 Å². The number of benzene rings is 1. The summed E-state index contributed by atoms with van der Waals surface area (Å²) in [7, 11) is 2.01. The number of carbonyl (C=O) groups excluding carboxylic acids is 1. The molecule has 23 heavy (non-hydrogen) atoms. The van der Waals surface area contributed by atoms with E-state index in [1.165, 1.54) is 19.3 Å². The Bertz CT molecular complexity index is 543. The van der Waals surface area contributed by atoms with Gasteiger partial charge in [0.2, 0.25) is 5.91 Å². The molecule has 1 amide bonds. The fourth-order valence-corrected chi connectivity index (χ4v) is 4.05. The van der Waals surface area contributed by atoms with E-state index in [-0.39, 0.29) is 11.9 Å². The van der Waals surface area contributed by atoms with Crippen molar-refractivity contribution in [3.05, 3.63) is 29.3 Å².